The molecular formula is C26H24N2O2S. The predicted octanol–water partition coefficient (Wildman–Crippen LogP) is 5.49. The van der Waals surface area contributed by atoms with Crippen LogP contribution in [0, 0.1) is 0 Å². The number of thioether (sulfide) groups is 1. The molecule has 4 rings (SSSR count). The highest BCUT2D eigenvalue weighted by molar-refractivity contribution is 7.98. The number of pyridine rings is 1. The van der Waals surface area contributed by atoms with Gasteiger partial charge in [0.05, 0.1) is 13.5 Å². The highest BCUT2D eigenvalue weighted by Crippen LogP contribution is 2.32. The molecule has 0 atom stereocenters. The Balaban J connectivity index is 1.55. The fourth-order valence-corrected chi connectivity index (χ4v) is 4.15. The third kappa shape index (κ3) is 4.89. The zero-order chi connectivity index (χ0) is 21.6. The molecule has 4 aromatic rings. The lowest BCUT2D eigenvalue weighted by molar-refractivity contribution is -0.120. The summed E-state index contributed by atoms with van der Waals surface area (Å²) in [5.74, 6) is 0.828. The van der Waals surface area contributed by atoms with E-state index in [0.29, 0.717) is 13.0 Å². The Morgan fingerprint density at radius 2 is 1.90 bits per heavy atom. The summed E-state index contributed by atoms with van der Waals surface area (Å²) in [4.78, 5) is 18.0. The molecule has 0 aliphatic rings. The van der Waals surface area contributed by atoms with Crippen LogP contribution in [0.25, 0.3) is 21.9 Å². The first kappa shape index (κ1) is 20.9. The Kier molecular flexibility index (Phi) is 6.53. The molecule has 31 heavy (non-hydrogen) atoms. The van der Waals surface area contributed by atoms with Gasteiger partial charge in [-0.15, -0.1) is 11.8 Å². The molecule has 156 valence electrons. The van der Waals surface area contributed by atoms with Gasteiger partial charge in [0, 0.05) is 29.2 Å². The van der Waals surface area contributed by atoms with Crippen molar-refractivity contribution in [1.29, 1.82) is 0 Å². The van der Waals surface area contributed by atoms with Gasteiger partial charge in [-0.05, 0) is 64.2 Å². The lowest BCUT2D eigenvalue weighted by Crippen LogP contribution is -2.24. The van der Waals surface area contributed by atoms with Crippen molar-refractivity contribution in [1.82, 2.24) is 10.3 Å². The summed E-state index contributed by atoms with van der Waals surface area (Å²) in [6.07, 6.45) is 6.07. The molecule has 1 heterocycles. The Bertz CT molecular complexity index is 1220. The van der Waals surface area contributed by atoms with Crippen molar-refractivity contribution < 1.29 is 9.53 Å². The number of aromatic nitrogens is 1. The smallest absolute Gasteiger partial charge is 0.224 e. The number of nitrogens with one attached hydrogen (secondary N) is 1. The predicted molar refractivity (Wildman–Crippen MR) is 128 cm³/mol. The molecule has 0 bridgehead atoms. The van der Waals surface area contributed by atoms with Crippen molar-refractivity contribution in [3.05, 3.63) is 90.3 Å². The SMILES string of the molecule is COc1cccc(-c2ccc(CNC(=O)Cc3cccc(SC)c3)c3cnccc23)c1. The largest absolute Gasteiger partial charge is 0.497 e. The number of benzene rings is 3. The first-order chi connectivity index (χ1) is 15.2. The van der Waals surface area contributed by atoms with Gasteiger partial charge in [-0.2, -0.15) is 0 Å². The topological polar surface area (TPSA) is 51.2 Å². The maximum absolute atomic E-state index is 12.5. The van der Waals surface area contributed by atoms with Crippen LogP contribution in [0.5, 0.6) is 5.75 Å². The van der Waals surface area contributed by atoms with Crippen LogP contribution in [0.2, 0.25) is 0 Å². The number of amides is 1. The Labute approximate surface area is 186 Å². The van der Waals surface area contributed by atoms with Crippen molar-refractivity contribution in [3.63, 3.8) is 0 Å². The fraction of sp³-hybridized carbons (Fsp3) is 0.154. The molecule has 5 heteroatoms. The summed E-state index contributed by atoms with van der Waals surface area (Å²) in [7, 11) is 1.67. The molecule has 0 saturated heterocycles. The summed E-state index contributed by atoms with van der Waals surface area (Å²) in [6.45, 7) is 0.460. The number of carbonyl (C=O) groups excluding carboxylic acids is 1. The molecule has 0 saturated carbocycles. The van der Waals surface area contributed by atoms with Crippen molar-refractivity contribution in [3.8, 4) is 16.9 Å². The second kappa shape index (κ2) is 9.67. The van der Waals surface area contributed by atoms with E-state index >= 15 is 0 Å². The molecular weight excluding hydrogens is 404 g/mol. The average Bonchev–Trinajstić information content (AvgIpc) is 2.82. The van der Waals surface area contributed by atoms with Gasteiger partial charge in [0.25, 0.3) is 0 Å². The second-order valence-electron chi connectivity index (χ2n) is 7.23. The second-order valence-corrected chi connectivity index (χ2v) is 8.11. The van der Waals surface area contributed by atoms with E-state index in [0.717, 1.165) is 43.7 Å². The van der Waals surface area contributed by atoms with Gasteiger partial charge in [0.15, 0.2) is 0 Å². The molecule has 1 amide bonds. The number of fused-ring (bicyclic) bond motifs is 1. The van der Waals surface area contributed by atoms with Crippen LogP contribution >= 0.6 is 11.8 Å². The van der Waals surface area contributed by atoms with Gasteiger partial charge in [-0.1, -0.05) is 36.4 Å². The summed E-state index contributed by atoms with van der Waals surface area (Å²) >= 11 is 1.68. The number of hydrogen-bond donors (Lipinski definition) is 1. The standard InChI is InChI=1S/C26H24N2O2S/c1-30-21-7-4-6-19(15-21)23-10-9-20(25-17-27-12-11-24(23)25)16-28-26(29)14-18-5-3-8-22(13-18)31-2/h3-13,15,17H,14,16H2,1-2H3,(H,28,29). The van der Waals surface area contributed by atoms with E-state index in [1.165, 1.54) is 0 Å². The first-order valence-electron chi connectivity index (χ1n) is 10.1. The summed E-state index contributed by atoms with van der Waals surface area (Å²) < 4.78 is 5.38. The molecule has 3 aromatic carbocycles. The molecule has 0 fully saturated rings. The van der Waals surface area contributed by atoms with Crippen molar-refractivity contribution in [2.24, 2.45) is 0 Å². The molecule has 1 N–H and O–H groups in total. The lowest BCUT2D eigenvalue weighted by Gasteiger charge is -2.13. The van der Waals surface area contributed by atoms with E-state index in [1.807, 2.05) is 48.9 Å². The number of carbonyl (C=O) groups is 1. The summed E-state index contributed by atoms with van der Waals surface area (Å²) in [5, 5.41) is 5.20. The number of hydrogen-bond acceptors (Lipinski definition) is 4. The number of rotatable bonds is 7. The van der Waals surface area contributed by atoms with Crippen molar-refractivity contribution >= 4 is 28.4 Å². The van der Waals surface area contributed by atoms with E-state index in [9.17, 15) is 4.79 Å². The van der Waals surface area contributed by atoms with Gasteiger partial charge < -0.3 is 10.1 Å². The van der Waals surface area contributed by atoms with Crippen LogP contribution < -0.4 is 10.1 Å². The molecule has 4 nitrogen and oxygen atoms in total. The Hall–Kier alpha value is -3.31. The molecule has 1 aromatic heterocycles. The molecule has 0 aliphatic carbocycles. The quantitative estimate of drug-likeness (QED) is 0.396. The van der Waals surface area contributed by atoms with Crippen LogP contribution in [0.1, 0.15) is 11.1 Å². The van der Waals surface area contributed by atoms with Gasteiger partial charge in [0.2, 0.25) is 5.91 Å². The van der Waals surface area contributed by atoms with Crippen LogP contribution in [-0.2, 0) is 17.8 Å². The number of ether oxygens (including phenoxy) is 1. The van der Waals surface area contributed by atoms with E-state index in [-0.39, 0.29) is 5.91 Å². The van der Waals surface area contributed by atoms with Crippen molar-refractivity contribution in [2.75, 3.05) is 13.4 Å². The molecule has 0 unspecified atom stereocenters. The highest BCUT2D eigenvalue weighted by atomic mass is 32.2. The zero-order valence-electron chi connectivity index (χ0n) is 17.6. The van der Waals surface area contributed by atoms with Crippen LogP contribution in [0.4, 0.5) is 0 Å². The van der Waals surface area contributed by atoms with Gasteiger partial charge >= 0.3 is 0 Å². The monoisotopic (exact) mass is 428 g/mol. The molecule has 0 spiro atoms. The van der Waals surface area contributed by atoms with Gasteiger partial charge in [0.1, 0.15) is 5.75 Å². The Morgan fingerprint density at radius 3 is 2.74 bits per heavy atom. The van der Waals surface area contributed by atoms with E-state index in [4.69, 9.17) is 4.74 Å². The van der Waals surface area contributed by atoms with E-state index in [2.05, 4.69) is 40.6 Å². The maximum atomic E-state index is 12.5. The van der Waals surface area contributed by atoms with E-state index < -0.39 is 0 Å². The van der Waals surface area contributed by atoms with Crippen molar-refractivity contribution in [2.45, 2.75) is 17.9 Å². The molecule has 0 radical (unpaired) electrons. The minimum absolute atomic E-state index is 0.00663. The lowest BCUT2D eigenvalue weighted by atomic mass is 9.96. The first-order valence-corrected chi connectivity index (χ1v) is 11.3. The Morgan fingerprint density at radius 1 is 1.03 bits per heavy atom. The summed E-state index contributed by atoms with van der Waals surface area (Å²) in [6, 6.07) is 22.3. The number of methoxy groups -OCH3 is 1. The van der Waals surface area contributed by atoms with Gasteiger partial charge in [-0.25, -0.2) is 0 Å². The zero-order valence-corrected chi connectivity index (χ0v) is 18.4. The third-order valence-corrected chi connectivity index (χ3v) is 5.99. The maximum Gasteiger partial charge on any atom is 0.224 e. The fourth-order valence-electron chi connectivity index (χ4n) is 3.67. The van der Waals surface area contributed by atoms with Crippen LogP contribution in [0.3, 0.4) is 0 Å². The van der Waals surface area contributed by atoms with Crippen LogP contribution in [0.15, 0.2) is 84.0 Å². The highest BCUT2D eigenvalue weighted by Gasteiger charge is 2.10. The van der Waals surface area contributed by atoms with Gasteiger partial charge in [-0.3, -0.25) is 9.78 Å². The van der Waals surface area contributed by atoms with E-state index in [1.54, 1.807) is 25.1 Å². The van der Waals surface area contributed by atoms with Crippen LogP contribution in [-0.4, -0.2) is 24.3 Å². The third-order valence-electron chi connectivity index (χ3n) is 5.26. The number of nitrogens with zero attached hydrogens (tertiary/aromatic N) is 1. The molecule has 0 aliphatic heterocycles. The minimum Gasteiger partial charge on any atom is -0.497 e. The summed E-state index contributed by atoms with van der Waals surface area (Å²) in [5.41, 5.74) is 4.25. The average molecular weight is 429 g/mol. The minimum atomic E-state index is 0.00663. The normalized spacial score (nSPS) is 10.8.